The van der Waals surface area contributed by atoms with Crippen molar-refractivity contribution in [3.8, 4) is 6.07 Å². The summed E-state index contributed by atoms with van der Waals surface area (Å²) in [5, 5.41) is 12.5. The molecule has 0 radical (unpaired) electrons. The van der Waals surface area contributed by atoms with Crippen molar-refractivity contribution in [3.05, 3.63) is 120 Å². The molecule has 1 N–H and O–H groups in total. The van der Waals surface area contributed by atoms with Gasteiger partial charge in [0.1, 0.15) is 11.4 Å². The number of aromatic nitrogens is 1. The lowest BCUT2D eigenvalue weighted by molar-refractivity contribution is -0.132. The number of nitriles is 1. The van der Waals surface area contributed by atoms with E-state index in [1.165, 1.54) is 10.4 Å². The number of hydrogen-bond acceptors (Lipinski definition) is 7. The molecule has 0 bridgehead atoms. The molecule has 42 heavy (non-hydrogen) atoms. The fraction of sp³-hybridized carbons (Fsp3) is 0.250. The van der Waals surface area contributed by atoms with Crippen molar-refractivity contribution in [1.29, 1.82) is 5.26 Å². The zero-order chi connectivity index (χ0) is 29.5. The van der Waals surface area contributed by atoms with E-state index in [0.717, 1.165) is 5.56 Å². The topological polar surface area (TPSA) is 123 Å². The molecule has 1 amide bonds. The first-order valence-corrected chi connectivity index (χ1v) is 15.1. The number of piperidine rings is 1. The summed E-state index contributed by atoms with van der Waals surface area (Å²) in [6.45, 7) is 4.49. The van der Waals surface area contributed by atoms with Gasteiger partial charge in [-0.15, -0.1) is 6.58 Å². The smallest absolute Gasteiger partial charge is 0.254 e. The third-order valence-corrected chi connectivity index (χ3v) is 10.2. The zero-order valence-electron chi connectivity index (χ0n) is 22.8. The Morgan fingerprint density at radius 3 is 2.36 bits per heavy atom. The summed E-state index contributed by atoms with van der Waals surface area (Å²) < 4.78 is 28.0. The van der Waals surface area contributed by atoms with Crippen LogP contribution in [0.2, 0.25) is 0 Å². The Kier molecular flexibility index (Phi) is 7.01. The van der Waals surface area contributed by atoms with Crippen LogP contribution in [0.4, 0.5) is 0 Å². The highest BCUT2D eigenvalue weighted by Gasteiger charge is 2.65. The maximum Gasteiger partial charge on any atom is 0.254 e. The van der Waals surface area contributed by atoms with E-state index in [-0.39, 0.29) is 34.5 Å². The highest BCUT2D eigenvalue weighted by atomic mass is 32.2. The van der Waals surface area contributed by atoms with E-state index in [4.69, 9.17) is 5.26 Å². The van der Waals surface area contributed by atoms with Crippen molar-refractivity contribution in [3.63, 3.8) is 0 Å². The fourth-order valence-corrected chi connectivity index (χ4v) is 7.76. The Labute approximate surface area is 244 Å². The first-order chi connectivity index (χ1) is 20.3. The van der Waals surface area contributed by atoms with E-state index in [0.29, 0.717) is 42.9 Å². The van der Waals surface area contributed by atoms with Crippen LogP contribution in [0.1, 0.15) is 27.9 Å². The number of amides is 1. The Hall–Kier alpha value is -4.59. The number of fused-ring (bicyclic) bond motifs is 1. The molecule has 3 aliphatic rings. The van der Waals surface area contributed by atoms with E-state index < -0.39 is 15.6 Å². The highest BCUT2D eigenvalue weighted by molar-refractivity contribution is 7.89. The largest absolute Gasteiger partial charge is 0.357 e. The summed E-state index contributed by atoms with van der Waals surface area (Å²) >= 11 is 0. The lowest BCUT2D eigenvalue weighted by Crippen LogP contribution is -2.49. The van der Waals surface area contributed by atoms with E-state index in [9.17, 15) is 18.0 Å². The maximum atomic E-state index is 14.3. The second kappa shape index (κ2) is 10.7. The summed E-state index contributed by atoms with van der Waals surface area (Å²) in [5.41, 5.74) is 0.677. The third-order valence-electron chi connectivity index (χ3n) is 8.36. The normalized spacial score (nSPS) is 26.0. The number of pyridine rings is 1. The van der Waals surface area contributed by atoms with Crippen LogP contribution >= 0.6 is 0 Å². The number of sulfonamides is 1. The number of hydrogen-bond donors (Lipinski definition) is 1. The van der Waals surface area contributed by atoms with Crippen LogP contribution in [0, 0.1) is 23.2 Å². The molecule has 3 aromatic rings. The predicted octanol–water partition coefficient (Wildman–Crippen LogP) is 3.29. The van der Waals surface area contributed by atoms with Crippen LogP contribution in [0.5, 0.6) is 0 Å². The molecular weight excluding hydrogens is 550 g/mol. The van der Waals surface area contributed by atoms with Gasteiger partial charge >= 0.3 is 0 Å². The third kappa shape index (κ3) is 4.81. The van der Waals surface area contributed by atoms with Crippen molar-refractivity contribution in [2.75, 3.05) is 13.1 Å². The van der Waals surface area contributed by atoms with E-state index in [1.54, 1.807) is 78.0 Å². The van der Waals surface area contributed by atoms with Crippen molar-refractivity contribution in [1.82, 2.24) is 19.5 Å². The average molecular weight is 580 g/mol. The van der Waals surface area contributed by atoms with Gasteiger partial charge in [0, 0.05) is 61.4 Å². The molecule has 1 saturated carbocycles. The Morgan fingerprint density at radius 2 is 1.74 bits per heavy atom. The number of ketones is 1. The first-order valence-electron chi connectivity index (χ1n) is 13.7. The van der Waals surface area contributed by atoms with E-state index in [2.05, 4.69) is 16.9 Å². The molecule has 212 valence electrons. The number of nitrogens with zero attached hydrogens (tertiary/aromatic N) is 4. The summed E-state index contributed by atoms with van der Waals surface area (Å²) in [6.07, 6.45) is 7.15. The van der Waals surface area contributed by atoms with Gasteiger partial charge in [-0.1, -0.05) is 24.3 Å². The van der Waals surface area contributed by atoms with Crippen LogP contribution in [-0.2, 0) is 21.2 Å². The number of nitrogens with one attached hydrogen (secondary N) is 1. The summed E-state index contributed by atoms with van der Waals surface area (Å²) in [4.78, 5) is 33.7. The van der Waals surface area contributed by atoms with Gasteiger partial charge in [-0.2, -0.15) is 9.57 Å². The number of rotatable bonds is 9. The molecule has 1 aromatic heterocycles. The second-order valence-electron chi connectivity index (χ2n) is 10.9. The number of allylic oxidation sites excluding steroid dienone is 1. The van der Waals surface area contributed by atoms with Crippen LogP contribution in [0.15, 0.2) is 109 Å². The molecule has 1 aliphatic carbocycles. The SMILES string of the molecule is C=CCC1(Cc2ccncc2)NC(=CC(=O)c2ccc(C#N)cc2)N(C2[C@H]3CN(S(=O)(=O)c4ccccc4)C[C@@H]23)C1=O. The first kappa shape index (κ1) is 27.6. The quantitative estimate of drug-likeness (QED) is 0.234. The van der Waals surface area contributed by atoms with Gasteiger partial charge in [-0.25, -0.2) is 8.42 Å². The molecule has 6 rings (SSSR count). The molecule has 0 spiro atoms. The van der Waals surface area contributed by atoms with Crippen molar-refractivity contribution in [2.24, 2.45) is 11.8 Å². The average Bonchev–Trinajstić information content (AvgIpc) is 3.34. The lowest BCUT2D eigenvalue weighted by Gasteiger charge is -2.27. The Balaban J connectivity index is 1.31. The monoisotopic (exact) mass is 579 g/mol. The minimum Gasteiger partial charge on any atom is -0.357 e. The van der Waals surface area contributed by atoms with Crippen molar-refractivity contribution >= 4 is 21.7 Å². The predicted molar refractivity (Wildman–Crippen MR) is 155 cm³/mol. The maximum absolute atomic E-state index is 14.3. The Bertz CT molecular complexity index is 1710. The van der Waals surface area contributed by atoms with E-state index >= 15 is 0 Å². The van der Waals surface area contributed by atoms with Gasteiger partial charge in [-0.3, -0.25) is 19.5 Å². The van der Waals surface area contributed by atoms with Crippen LogP contribution < -0.4 is 5.32 Å². The molecule has 2 aliphatic heterocycles. The van der Waals surface area contributed by atoms with Crippen LogP contribution in [-0.4, -0.2) is 59.0 Å². The van der Waals surface area contributed by atoms with Gasteiger partial charge in [-0.05, 0) is 60.5 Å². The van der Waals surface area contributed by atoms with Gasteiger partial charge < -0.3 is 5.32 Å². The standard InChI is InChI=1S/C32H29N5O4S/c1-2-14-32(18-22-12-15-34-16-13-22)31(39)37(29(35-32)17-28(38)24-10-8-23(19-33)9-11-24)30-26-20-36(21-27(26)30)42(40,41)25-6-4-3-5-7-25/h2-13,15-17,26-27,30,35H,1,14,18,20-21H2/t26-,27+,30?,32?. The number of carbonyl (C=O) groups is 2. The summed E-state index contributed by atoms with van der Waals surface area (Å²) in [5.74, 6) is -0.194. The van der Waals surface area contributed by atoms with Gasteiger partial charge in [0.25, 0.3) is 5.91 Å². The molecule has 10 heteroatoms. The molecule has 9 nitrogen and oxygen atoms in total. The Morgan fingerprint density at radius 1 is 1.07 bits per heavy atom. The molecule has 2 saturated heterocycles. The van der Waals surface area contributed by atoms with Crippen molar-refractivity contribution < 1.29 is 18.0 Å². The van der Waals surface area contributed by atoms with Crippen LogP contribution in [0.25, 0.3) is 0 Å². The summed E-state index contributed by atoms with van der Waals surface area (Å²) in [7, 11) is -3.64. The van der Waals surface area contributed by atoms with Crippen LogP contribution in [0.3, 0.4) is 0 Å². The summed E-state index contributed by atoms with van der Waals surface area (Å²) in [6, 6.07) is 20.2. The van der Waals surface area contributed by atoms with Gasteiger partial charge in [0.15, 0.2) is 5.78 Å². The zero-order valence-corrected chi connectivity index (χ0v) is 23.6. The number of benzene rings is 2. The minimum atomic E-state index is -3.64. The second-order valence-corrected chi connectivity index (χ2v) is 12.9. The molecule has 3 fully saturated rings. The van der Waals surface area contributed by atoms with Gasteiger partial charge in [0.05, 0.1) is 16.5 Å². The fourth-order valence-electron chi connectivity index (χ4n) is 6.22. The van der Waals surface area contributed by atoms with E-state index in [1.807, 2.05) is 18.2 Å². The molecule has 2 aromatic carbocycles. The lowest BCUT2D eigenvalue weighted by atomic mass is 9.87. The molecule has 3 heterocycles. The molecule has 2 unspecified atom stereocenters. The number of carbonyl (C=O) groups excluding carboxylic acids is 2. The van der Waals surface area contributed by atoms with Gasteiger partial charge in [0.2, 0.25) is 10.0 Å². The van der Waals surface area contributed by atoms with Crippen molar-refractivity contribution in [2.45, 2.75) is 29.3 Å². The minimum absolute atomic E-state index is 0.0527. The molecular formula is C32H29N5O4S. The molecule has 4 atom stereocenters. The highest BCUT2D eigenvalue weighted by Crippen LogP contribution is 2.53.